The third kappa shape index (κ3) is 7.48. The second-order valence-electron chi connectivity index (χ2n) is 13.5. The van der Waals surface area contributed by atoms with Crippen LogP contribution in [-0.2, 0) is 41.7 Å². The minimum Gasteiger partial charge on any atom is -0.743 e. The fourth-order valence-corrected chi connectivity index (χ4v) is 7.58. The maximum absolute atomic E-state index is 13.6. The van der Waals surface area contributed by atoms with Crippen LogP contribution in [-0.4, -0.2) is 37.5 Å². The molecular formula is C34H42F2O6S2. The van der Waals surface area contributed by atoms with Crippen LogP contribution in [0.2, 0.25) is 0 Å². The van der Waals surface area contributed by atoms with Crippen molar-refractivity contribution in [2.75, 3.05) is 13.2 Å². The second-order valence-corrected chi connectivity index (χ2v) is 17.0. The number of hydrogen-bond acceptors (Lipinski definition) is 6. The van der Waals surface area contributed by atoms with E-state index in [0.29, 0.717) is 12.5 Å². The van der Waals surface area contributed by atoms with E-state index in [1.54, 1.807) is 12.1 Å². The van der Waals surface area contributed by atoms with E-state index in [0.717, 1.165) is 20.2 Å². The molecule has 0 bridgehead atoms. The maximum atomic E-state index is 13.6. The van der Waals surface area contributed by atoms with Crippen molar-refractivity contribution < 1.29 is 36.0 Å². The quantitative estimate of drug-likeness (QED) is 0.174. The molecule has 1 aliphatic rings. The third-order valence-electron chi connectivity index (χ3n) is 7.85. The first-order valence-electron chi connectivity index (χ1n) is 14.6. The highest BCUT2D eigenvalue weighted by molar-refractivity contribution is 7.97. The molecule has 1 aliphatic heterocycles. The van der Waals surface area contributed by atoms with Gasteiger partial charge < -0.3 is 18.8 Å². The molecular weight excluding hydrogens is 606 g/mol. The summed E-state index contributed by atoms with van der Waals surface area (Å²) < 4.78 is 77.6. The monoisotopic (exact) mass is 648 g/mol. The first-order valence-corrected chi connectivity index (χ1v) is 17.2. The van der Waals surface area contributed by atoms with Gasteiger partial charge in [-0.3, -0.25) is 0 Å². The van der Waals surface area contributed by atoms with Crippen LogP contribution < -0.4 is 4.74 Å². The molecule has 0 radical (unpaired) electrons. The van der Waals surface area contributed by atoms with Gasteiger partial charge in [0.25, 0.3) is 0 Å². The number of halogens is 2. The van der Waals surface area contributed by atoms with Crippen molar-refractivity contribution >= 4 is 21.0 Å². The molecule has 3 unspecified atom stereocenters. The maximum Gasteiger partial charge on any atom is 0.367 e. The zero-order chi connectivity index (χ0) is 32.7. The molecule has 10 heteroatoms. The van der Waals surface area contributed by atoms with Crippen molar-refractivity contribution in [2.24, 2.45) is 11.3 Å². The fourth-order valence-electron chi connectivity index (χ4n) is 5.34. The van der Waals surface area contributed by atoms with Crippen LogP contribution in [0.25, 0.3) is 0 Å². The Morgan fingerprint density at radius 1 is 0.909 bits per heavy atom. The van der Waals surface area contributed by atoms with Crippen molar-refractivity contribution in [1.29, 1.82) is 0 Å². The summed E-state index contributed by atoms with van der Waals surface area (Å²) in [5.41, 5.74) is 1.97. The molecule has 0 aromatic heterocycles. The number of hydrogen-bond donors (Lipinski definition) is 0. The average molecular weight is 649 g/mol. The predicted octanol–water partition coefficient (Wildman–Crippen LogP) is 7.87. The Kier molecular flexibility index (Phi) is 9.66. The lowest BCUT2D eigenvalue weighted by atomic mass is 9.80. The zero-order valence-electron chi connectivity index (χ0n) is 26.5. The van der Waals surface area contributed by atoms with Crippen LogP contribution in [0.4, 0.5) is 8.78 Å². The topological polar surface area (TPSA) is 84.9 Å². The molecule has 0 amide bonds. The van der Waals surface area contributed by atoms with Gasteiger partial charge >= 0.3 is 5.25 Å². The first-order chi connectivity index (χ1) is 20.2. The smallest absolute Gasteiger partial charge is 0.367 e. The van der Waals surface area contributed by atoms with Crippen molar-refractivity contribution in [1.82, 2.24) is 0 Å². The molecule has 0 aliphatic carbocycles. The number of ether oxygens (including phenoxy) is 3. The molecule has 1 heterocycles. The van der Waals surface area contributed by atoms with Crippen LogP contribution in [0, 0.1) is 11.3 Å². The third-order valence-corrected chi connectivity index (χ3v) is 10.9. The Morgan fingerprint density at radius 2 is 1.39 bits per heavy atom. The molecule has 1 saturated heterocycles. The Balaban J connectivity index is 1.67. The van der Waals surface area contributed by atoms with Gasteiger partial charge in [0, 0.05) is 11.0 Å². The van der Waals surface area contributed by atoms with Gasteiger partial charge in [0.2, 0.25) is 0 Å². The minimum absolute atomic E-state index is 0.0186. The summed E-state index contributed by atoms with van der Waals surface area (Å²) in [4.78, 5) is 2.98. The lowest BCUT2D eigenvalue weighted by Crippen LogP contribution is -2.52. The molecule has 3 aromatic carbocycles. The van der Waals surface area contributed by atoms with E-state index < -0.39 is 38.7 Å². The molecule has 0 N–H and O–H groups in total. The lowest BCUT2D eigenvalue weighted by molar-refractivity contribution is -0.337. The van der Waals surface area contributed by atoms with E-state index in [9.17, 15) is 21.8 Å². The van der Waals surface area contributed by atoms with Gasteiger partial charge in [0.15, 0.2) is 37.2 Å². The summed E-state index contributed by atoms with van der Waals surface area (Å²) in [7, 11) is -6.41. The first kappa shape index (κ1) is 34.4. The van der Waals surface area contributed by atoms with Crippen LogP contribution >= 0.6 is 0 Å². The van der Waals surface area contributed by atoms with Gasteiger partial charge in [-0.15, -0.1) is 0 Å². The van der Waals surface area contributed by atoms with Crippen molar-refractivity contribution in [2.45, 2.75) is 92.6 Å². The Bertz CT molecular complexity index is 1530. The highest BCUT2D eigenvalue weighted by atomic mass is 32.2. The standard InChI is InChI=1S/C34H42F2O6S2/c1-23(2)30-32(6,7)21-41-33(8,42-30)25-11-17-28(18-12-25)43(27-15-9-24(10-16-27)31(3,4)5)29-19-13-26(14-20-29)40-22-34(35,36)44(37,38)39/h9-20,23,30H,21-22H2,1-8H3. The largest absolute Gasteiger partial charge is 0.743 e. The lowest BCUT2D eigenvalue weighted by Gasteiger charge is -2.49. The minimum atomic E-state index is -5.83. The SMILES string of the molecule is CC(C)C1OC(C)(c2ccc([S+](c3ccc(OCC(F)(F)S(=O)(=O)[O-])cc3)c3ccc(C(C)(C)C)cc3)cc2)OCC1(C)C. The molecule has 3 atom stereocenters. The number of benzene rings is 3. The van der Waals surface area contributed by atoms with Crippen molar-refractivity contribution in [3.8, 4) is 5.75 Å². The average Bonchev–Trinajstić information content (AvgIpc) is 2.94. The van der Waals surface area contributed by atoms with E-state index >= 15 is 0 Å². The molecule has 0 saturated carbocycles. The van der Waals surface area contributed by atoms with E-state index in [-0.39, 0.29) is 22.7 Å². The van der Waals surface area contributed by atoms with Gasteiger partial charge in [-0.05, 0) is 84.5 Å². The fraction of sp³-hybridized carbons (Fsp3) is 0.471. The summed E-state index contributed by atoms with van der Waals surface area (Å²) in [6, 6.07) is 23.1. The van der Waals surface area contributed by atoms with E-state index in [1.807, 2.05) is 19.1 Å². The zero-order valence-corrected chi connectivity index (χ0v) is 28.2. The Morgan fingerprint density at radius 3 is 1.84 bits per heavy atom. The van der Waals surface area contributed by atoms with E-state index in [2.05, 4.69) is 84.9 Å². The van der Waals surface area contributed by atoms with E-state index in [4.69, 9.17) is 14.2 Å². The number of alkyl halides is 2. The molecule has 1 fully saturated rings. The van der Waals surface area contributed by atoms with E-state index in [1.165, 1.54) is 17.7 Å². The molecule has 6 nitrogen and oxygen atoms in total. The van der Waals surface area contributed by atoms with Gasteiger partial charge in [-0.2, -0.15) is 8.78 Å². The van der Waals surface area contributed by atoms with Crippen LogP contribution in [0.3, 0.4) is 0 Å². The summed E-state index contributed by atoms with van der Waals surface area (Å²) in [6.45, 7) is 16.1. The van der Waals surface area contributed by atoms with Crippen LogP contribution in [0.5, 0.6) is 5.75 Å². The normalized spacial score (nSPS) is 21.7. The molecule has 0 spiro atoms. The Labute approximate surface area is 263 Å². The molecule has 3 aromatic rings. The van der Waals surface area contributed by atoms with Crippen LogP contribution in [0.1, 0.15) is 66.5 Å². The predicted molar refractivity (Wildman–Crippen MR) is 167 cm³/mol. The number of rotatable bonds is 9. The molecule has 4 rings (SSSR count). The van der Waals surface area contributed by atoms with Crippen molar-refractivity contribution in [3.05, 3.63) is 83.9 Å². The highest BCUT2D eigenvalue weighted by Gasteiger charge is 2.46. The van der Waals surface area contributed by atoms with Crippen LogP contribution in [0.15, 0.2) is 87.5 Å². The van der Waals surface area contributed by atoms with Gasteiger partial charge in [0.1, 0.15) is 5.75 Å². The van der Waals surface area contributed by atoms with Gasteiger partial charge in [-0.1, -0.05) is 60.6 Å². The molecule has 240 valence electrons. The summed E-state index contributed by atoms with van der Waals surface area (Å²) in [5, 5.41) is -4.53. The van der Waals surface area contributed by atoms with Gasteiger partial charge in [-0.25, -0.2) is 8.42 Å². The second kappa shape index (κ2) is 12.4. The summed E-state index contributed by atoms with van der Waals surface area (Å²) in [6.07, 6.45) is 0.0197. The molecule has 44 heavy (non-hydrogen) atoms. The van der Waals surface area contributed by atoms with Crippen molar-refractivity contribution in [3.63, 3.8) is 0 Å². The highest BCUT2D eigenvalue weighted by Crippen LogP contribution is 2.44. The van der Waals surface area contributed by atoms with Gasteiger partial charge in [0.05, 0.1) is 23.6 Å². The summed E-state index contributed by atoms with van der Waals surface area (Å²) >= 11 is 0. The Hall–Kier alpha value is -2.50. The summed E-state index contributed by atoms with van der Waals surface area (Å²) in [5.74, 6) is -0.548.